The van der Waals surface area contributed by atoms with Crippen LogP contribution in [-0.4, -0.2) is 50.7 Å². The first-order valence-electron chi connectivity index (χ1n) is 9.12. The second-order valence-electron chi connectivity index (χ2n) is 7.33. The number of hydrogen-bond donors (Lipinski definition) is 1. The standard InChI is InChI=1S/C21H29N3O3S/c1-15-7-10-18(11-8-15)14-24(6)17(3)21(25)22-20-13-19(12-9-16(20)2)28(26,27)23(4)5/h7-13,17H,14H2,1-6H3,(H,22,25)/t17-/m0/s1. The van der Waals surface area contributed by atoms with Gasteiger partial charge in [-0.05, 0) is 51.1 Å². The Hall–Kier alpha value is -2.22. The van der Waals surface area contributed by atoms with Gasteiger partial charge in [-0.1, -0.05) is 35.9 Å². The zero-order valence-corrected chi connectivity index (χ0v) is 18.2. The Morgan fingerprint density at radius 2 is 1.64 bits per heavy atom. The Bertz CT molecular complexity index is 938. The van der Waals surface area contributed by atoms with E-state index in [1.54, 1.807) is 12.1 Å². The molecule has 0 aliphatic carbocycles. The van der Waals surface area contributed by atoms with Gasteiger partial charge >= 0.3 is 0 Å². The van der Waals surface area contributed by atoms with Crippen molar-refractivity contribution in [2.24, 2.45) is 0 Å². The van der Waals surface area contributed by atoms with Crippen molar-refractivity contribution in [2.75, 3.05) is 26.5 Å². The Morgan fingerprint density at radius 3 is 2.21 bits per heavy atom. The zero-order chi connectivity index (χ0) is 21.1. The maximum Gasteiger partial charge on any atom is 0.242 e. The number of nitrogens with zero attached hydrogens (tertiary/aromatic N) is 2. The number of hydrogen-bond acceptors (Lipinski definition) is 4. The van der Waals surface area contributed by atoms with Crippen molar-refractivity contribution in [3.05, 3.63) is 59.2 Å². The van der Waals surface area contributed by atoms with Crippen LogP contribution in [0.25, 0.3) is 0 Å². The molecule has 0 spiro atoms. The van der Waals surface area contributed by atoms with E-state index >= 15 is 0 Å². The highest BCUT2D eigenvalue weighted by Gasteiger charge is 2.21. The van der Waals surface area contributed by atoms with Gasteiger partial charge in [-0.3, -0.25) is 9.69 Å². The maximum atomic E-state index is 12.7. The fraction of sp³-hybridized carbons (Fsp3) is 0.381. The molecule has 0 saturated carbocycles. The van der Waals surface area contributed by atoms with Gasteiger partial charge in [0.15, 0.2) is 0 Å². The van der Waals surface area contributed by atoms with Gasteiger partial charge in [0, 0.05) is 26.3 Å². The topological polar surface area (TPSA) is 69.7 Å². The van der Waals surface area contributed by atoms with Gasteiger partial charge in [-0.15, -0.1) is 0 Å². The summed E-state index contributed by atoms with van der Waals surface area (Å²) in [6, 6.07) is 12.6. The molecule has 2 aromatic rings. The average molecular weight is 404 g/mol. The van der Waals surface area contributed by atoms with Crippen LogP contribution in [0.15, 0.2) is 47.4 Å². The lowest BCUT2D eigenvalue weighted by Gasteiger charge is -2.24. The van der Waals surface area contributed by atoms with Crippen molar-refractivity contribution in [3.63, 3.8) is 0 Å². The van der Waals surface area contributed by atoms with Gasteiger partial charge in [0.1, 0.15) is 0 Å². The Balaban J connectivity index is 2.13. The van der Waals surface area contributed by atoms with E-state index in [4.69, 9.17) is 0 Å². The van der Waals surface area contributed by atoms with Crippen molar-refractivity contribution >= 4 is 21.6 Å². The molecule has 1 amide bonds. The van der Waals surface area contributed by atoms with Gasteiger partial charge in [0.05, 0.1) is 10.9 Å². The van der Waals surface area contributed by atoms with Crippen molar-refractivity contribution < 1.29 is 13.2 Å². The highest BCUT2D eigenvalue weighted by molar-refractivity contribution is 7.89. The molecular weight excluding hydrogens is 374 g/mol. The molecule has 0 radical (unpaired) electrons. The second kappa shape index (κ2) is 8.86. The highest BCUT2D eigenvalue weighted by atomic mass is 32.2. The van der Waals surface area contributed by atoms with E-state index < -0.39 is 10.0 Å². The molecular formula is C21H29N3O3S. The van der Waals surface area contributed by atoms with Crippen LogP contribution in [0.2, 0.25) is 0 Å². The lowest BCUT2D eigenvalue weighted by molar-refractivity contribution is -0.120. The lowest BCUT2D eigenvalue weighted by Crippen LogP contribution is -2.39. The molecule has 7 heteroatoms. The number of likely N-dealkylation sites (N-methyl/N-ethyl adjacent to an activating group) is 1. The molecule has 0 aliphatic rings. The molecule has 0 saturated heterocycles. The van der Waals surface area contributed by atoms with Crippen LogP contribution in [0.3, 0.4) is 0 Å². The Morgan fingerprint density at radius 1 is 1.04 bits per heavy atom. The van der Waals surface area contributed by atoms with E-state index in [1.807, 2.05) is 44.9 Å². The number of nitrogens with one attached hydrogen (secondary N) is 1. The molecule has 2 rings (SSSR count). The normalized spacial score (nSPS) is 13.0. The van der Waals surface area contributed by atoms with Gasteiger partial charge < -0.3 is 5.32 Å². The van der Waals surface area contributed by atoms with Crippen LogP contribution in [0.5, 0.6) is 0 Å². The van der Waals surface area contributed by atoms with E-state index in [1.165, 1.54) is 25.7 Å². The summed E-state index contributed by atoms with van der Waals surface area (Å²) < 4.78 is 25.9. The van der Waals surface area contributed by atoms with Crippen molar-refractivity contribution in [1.82, 2.24) is 9.21 Å². The highest BCUT2D eigenvalue weighted by Crippen LogP contribution is 2.22. The monoisotopic (exact) mass is 403 g/mol. The fourth-order valence-corrected chi connectivity index (χ4v) is 3.59. The second-order valence-corrected chi connectivity index (χ2v) is 9.48. The predicted molar refractivity (Wildman–Crippen MR) is 113 cm³/mol. The van der Waals surface area contributed by atoms with Gasteiger partial charge in [0.2, 0.25) is 15.9 Å². The largest absolute Gasteiger partial charge is 0.324 e. The molecule has 0 aliphatic heterocycles. The van der Waals surface area contributed by atoms with Crippen LogP contribution >= 0.6 is 0 Å². The van der Waals surface area contributed by atoms with E-state index in [2.05, 4.69) is 17.4 Å². The quantitative estimate of drug-likeness (QED) is 0.772. The minimum Gasteiger partial charge on any atom is -0.324 e. The fourth-order valence-electron chi connectivity index (χ4n) is 2.66. The van der Waals surface area contributed by atoms with Crippen LogP contribution in [0, 0.1) is 13.8 Å². The van der Waals surface area contributed by atoms with E-state index in [9.17, 15) is 13.2 Å². The molecule has 1 atom stereocenters. The number of rotatable bonds is 7. The smallest absolute Gasteiger partial charge is 0.242 e. The number of sulfonamides is 1. The minimum absolute atomic E-state index is 0.152. The molecule has 0 unspecified atom stereocenters. The van der Waals surface area contributed by atoms with Crippen molar-refractivity contribution in [2.45, 2.75) is 38.3 Å². The van der Waals surface area contributed by atoms with Crippen LogP contribution in [0.4, 0.5) is 5.69 Å². The molecule has 0 heterocycles. The number of benzene rings is 2. The number of carbonyl (C=O) groups excluding carboxylic acids is 1. The first-order valence-corrected chi connectivity index (χ1v) is 10.6. The molecule has 0 bridgehead atoms. The number of anilines is 1. The van der Waals surface area contributed by atoms with Crippen LogP contribution in [-0.2, 0) is 21.4 Å². The number of amides is 1. The Labute approximate surface area is 168 Å². The first kappa shape index (κ1) is 22.1. The number of carbonyl (C=O) groups is 1. The lowest BCUT2D eigenvalue weighted by atomic mass is 10.1. The van der Waals surface area contributed by atoms with Crippen molar-refractivity contribution in [1.29, 1.82) is 0 Å². The molecule has 2 aromatic carbocycles. The maximum absolute atomic E-state index is 12.7. The SMILES string of the molecule is Cc1ccc(CN(C)[C@@H](C)C(=O)Nc2cc(S(=O)(=O)N(C)C)ccc2C)cc1. The Kier molecular flexibility index (Phi) is 6.98. The first-order chi connectivity index (χ1) is 13.0. The summed E-state index contributed by atoms with van der Waals surface area (Å²) in [5, 5.41) is 2.87. The molecule has 152 valence electrons. The number of aryl methyl sites for hydroxylation is 2. The van der Waals surface area contributed by atoms with Crippen molar-refractivity contribution in [3.8, 4) is 0 Å². The third-order valence-electron chi connectivity index (χ3n) is 4.84. The van der Waals surface area contributed by atoms with Gasteiger partial charge in [-0.25, -0.2) is 12.7 Å². The van der Waals surface area contributed by atoms with Gasteiger partial charge in [-0.2, -0.15) is 0 Å². The van der Waals surface area contributed by atoms with E-state index in [0.29, 0.717) is 12.2 Å². The van der Waals surface area contributed by atoms with E-state index in [0.717, 1.165) is 15.4 Å². The average Bonchev–Trinajstić information content (AvgIpc) is 2.64. The van der Waals surface area contributed by atoms with E-state index in [-0.39, 0.29) is 16.8 Å². The minimum atomic E-state index is -3.56. The van der Waals surface area contributed by atoms with Crippen LogP contribution in [0.1, 0.15) is 23.6 Å². The molecule has 0 aromatic heterocycles. The summed E-state index contributed by atoms with van der Waals surface area (Å²) in [7, 11) is 1.29. The molecule has 0 fully saturated rings. The molecule has 1 N–H and O–H groups in total. The van der Waals surface area contributed by atoms with Gasteiger partial charge in [0.25, 0.3) is 0 Å². The van der Waals surface area contributed by atoms with Crippen LogP contribution < -0.4 is 5.32 Å². The summed E-state index contributed by atoms with van der Waals surface area (Å²) in [6.45, 7) is 6.35. The summed E-state index contributed by atoms with van der Waals surface area (Å²) in [6.07, 6.45) is 0. The summed E-state index contributed by atoms with van der Waals surface area (Å²) in [5.41, 5.74) is 3.63. The third-order valence-corrected chi connectivity index (χ3v) is 6.65. The summed E-state index contributed by atoms with van der Waals surface area (Å²) in [5.74, 6) is -0.183. The molecule has 6 nitrogen and oxygen atoms in total. The summed E-state index contributed by atoms with van der Waals surface area (Å²) in [4.78, 5) is 14.8. The predicted octanol–water partition coefficient (Wildman–Crippen LogP) is 3.01. The summed E-state index contributed by atoms with van der Waals surface area (Å²) >= 11 is 0. The third kappa shape index (κ3) is 5.19. The molecule has 28 heavy (non-hydrogen) atoms. The zero-order valence-electron chi connectivity index (χ0n) is 17.4.